The summed E-state index contributed by atoms with van der Waals surface area (Å²) in [5, 5.41) is 0. The summed E-state index contributed by atoms with van der Waals surface area (Å²) in [4.78, 5) is 0. The van der Waals surface area contributed by atoms with Crippen molar-refractivity contribution in [3.63, 3.8) is 0 Å². The second-order valence-electron chi connectivity index (χ2n) is 1.92. The Morgan fingerprint density at radius 3 is 2.14 bits per heavy atom. The molecule has 0 rings (SSSR count). The summed E-state index contributed by atoms with van der Waals surface area (Å²) in [6.07, 6.45) is 1.16. The molecular formula is C5H14OSi. The monoisotopic (exact) mass is 118 g/mol. The van der Waals surface area contributed by atoms with Gasteiger partial charge in [-0.1, -0.05) is 6.92 Å². The Hall–Kier alpha value is 0.177. The Labute approximate surface area is 47.4 Å². The lowest BCUT2D eigenvalue weighted by Crippen LogP contribution is -2.07. The fourth-order valence-electron chi connectivity index (χ4n) is 0.354. The van der Waals surface area contributed by atoms with Crippen molar-refractivity contribution in [3.05, 3.63) is 0 Å². The van der Waals surface area contributed by atoms with Crippen molar-refractivity contribution in [2.75, 3.05) is 6.61 Å². The largest absolute Gasteiger partial charge is 0.421 e. The maximum Gasteiger partial charge on any atom is 0.170 e. The van der Waals surface area contributed by atoms with Gasteiger partial charge in [-0.05, 0) is 19.5 Å². The fourth-order valence-corrected chi connectivity index (χ4v) is 1.06. The van der Waals surface area contributed by atoms with Gasteiger partial charge in [-0.25, -0.2) is 0 Å². The Kier molecular flexibility index (Phi) is 4.45. The Balaban J connectivity index is 2.68. The molecule has 1 nitrogen and oxygen atoms in total. The van der Waals surface area contributed by atoms with Crippen LogP contribution in [0.1, 0.15) is 13.3 Å². The summed E-state index contributed by atoms with van der Waals surface area (Å²) >= 11 is 0. The van der Waals surface area contributed by atoms with Crippen LogP contribution in [0.25, 0.3) is 0 Å². The first-order valence-corrected chi connectivity index (χ1v) is 5.67. The molecule has 0 heterocycles. The van der Waals surface area contributed by atoms with E-state index in [1.807, 2.05) is 0 Å². The molecule has 0 aromatic carbocycles. The smallest absolute Gasteiger partial charge is 0.170 e. The molecule has 0 atom stereocenters. The zero-order valence-corrected chi connectivity index (χ0v) is 6.55. The van der Waals surface area contributed by atoms with E-state index in [0.717, 1.165) is 13.0 Å². The Bertz CT molecular complexity index is 37.1. The fraction of sp³-hybridized carbons (Fsp3) is 1.00. The third kappa shape index (κ3) is 6.18. The molecule has 7 heavy (non-hydrogen) atoms. The highest BCUT2D eigenvalue weighted by Gasteiger charge is 1.90. The topological polar surface area (TPSA) is 9.23 Å². The molecule has 0 aliphatic heterocycles. The van der Waals surface area contributed by atoms with Crippen molar-refractivity contribution >= 4 is 9.04 Å². The van der Waals surface area contributed by atoms with Crippen LogP contribution >= 0.6 is 0 Å². The average molecular weight is 118 g/mol. The highest BCUT2D eigenvalue weighted by atomic mass is 28.3. The minimum atomic E-state index is -0.688. The molecule has 0 aliphatic rings. The Morgan fingerprint density at radius 2 is 2.00 bits per heavy atom. The SMILES string of the molecule is CCCO[SiH](C)C. The predicted octanol–water partition coefficient (Wildman–Crippen LogP) is 1.40. The van der Waals surface area contributed by atoms with Crippen molar-refractivity contribution in [3.8, 4) is 0 Å². The van der Waals surface area contributed by atoms with Gasteiger partial charge in [0.2, 0.25) is 0 Å². The molecule has 2 heteroatoms. The molecule has 0 aromatic rings. The zero-order chi connectivity index (χ0) is 5.70. The second kappa shape index (κ2) is 4.34. The molecule has 0 aliphatic carbocycles. The van der Waals surface area contributed by atoms with Gasteiger partial charge in [0, 0.05) is 6.61 Å². The standard InChI is InChI=1S/C5H14OSi/c1-4-5-6-7(2)3/h7H,4-5H2,1-3H3. The molecule has 0 saturated heterocycles. The molecular weight excluding hydrogens is 104 g/mol. The van der Waals surface area contributed by atoms with Gasteiger partial charge < -0.3 is 4.43 Å². The van der Waals surface area contributed by atoms with Crippen LogP contribution in [0.3, 0.4) is 0 Å². The average Bonchev–Trinajstić information content (AvgIpc) is 1.61. The maximum atomic E-state index is 5.33. The van der Waals surface area contributed by atoms with Gasteiger partial charge in [-0.2, -0.15) is 0 Å². The normalized spacial score (nSPS) is 10.3. The summed E-state index contributed by atoms with van der Waals surface area (Å²) < 4.78 is 5.33. The first-order chi connectivity index (χ1) is 3.27. The quantitative estimate of drug-likeness (QED) is 0.509. The first-order valence-electron chi connectivity index (χ1n) is 2.89. The summed E-state index contributed by atoms with van der Waals surface area (Å²) in [6, 6.07) is 0. The van der Waals surface area contributed by atoms with Crippen LogP contribution in [0.5, 0.6) is 0 Å². The second-order valence-corrected chi connectivity index (χ2v) is 4.35. The third-order valence-corrected chi connectivity index (χ3v) is 1.56. The van der Waals surface area contributed by atoms with E-state index in [2.05, 4.69) is 20.0 Å². The molecule has 0 bridgehead atoms. The highest BCUT2D eigenvalue weighted by Crippen LogP contribution is 1.84. The summed E-state index contributed by atoms with van der Waals surface area (Å²) in [5.41, 5.74) is 0. The van der Waals surface area contributed by atoms with Gasteiger partial charge >= 0.3 is 0 Å². The Morgan fingerprint density at radius 1 is 1.43 bits per heavy atom. The van der Waals surface area contributed by atoms with Crippen LogP contribution < -0.4 is 0 Å². The lowest BCUT2D eigenvalue weighted by Gasteiger charge is -2.01. The van der Waals surface area contributed by atoms with E-state index in [0.29, 0.717) is 0 Å². The van der Waals surface area contributed by atoms with Gasteiger partial charge in [0.1, 0.15) is 0 Å². The van der Waals surface area contributed by atoms with Crippen LogP contribution in [0.2, 0.25) is 13.1 Å². The van der Waals surface area contributed by atoms with E-state index in [4.69, 9.17) is 4.43 Å². The summed E-state index contributed by atoms with van der Waals surface area (Å²) in [6.45, 7) is 7.48. The minimum absolute atomic E-state index is 0.688. The summed E-state index contributed by atoms with van der Waals surface area (Å²) in [5.74, 6) is 0. The van der Waals surface area contributed by atoms with Crippen molar-refractivity contribution in [1.29, 1.82) is 0 Å². The molecule has 0 N–H and O–H groups in total. The van der Waals surface area contributed by atoms with Gasteiger partial charge in [-0.15, -0.1) is 0 Å². The van der Waals surface area contributed by atoms with Crippen LogP contribution in [0.15, 0.2) is 0 Å². The van der Waals surface area contributed by atoms with Gasteiger partial charge in [0.05, 0.1) is 0 Å². The van der Waals surface area contributed by atoms with Crippen molar-refractivity contribution < 1.29 is 4.43 Å². The van der Waals surface area contributed by atoms with E-state index in [1.54, 1.807) is 0 Å². The molecule has 0 radical (unpaired) electrons. The third-order valence-electron chi connectivity index (χ3n) is 0.655. The zero-order valence-electron chi connectivity index (χ0n) is 5.40. The first kappa shape index (κ1) is 7.18. The van der Waals surface area contributed by atoms with Gasteiger partial charge in [0.25, 0.3) is 0 Å². The highest BCUT2D eigenvalue weighted by molar-refractivity contribution is 6.48. The number of hydrogen-bond acceptors (Lipinski definition) is 1. The maximum absolute atomic E-state index is 5.33. The van der Waals surface area contributed by atoms with Crippen LogP contribution in [0.4, 0.5) is 0 Å². The van der Waals surface area contributed by atoms with Gasteiger partial charge in [-0.3, -0.25) is 0 Å². The molecule has 0 spiro atoms. The number of hydrogen-bond donors (Lipinski definition) is 0. The molecule has 0 unspecified atom stereocenters. The molecule has 0 fully saturated rings. The lowest BCUT2D eigenvalue weighted by atomic mass is 10.5. The molecule has 0 saturated carbocycles. The molecule has 0 aromatic heterocycles. The number of rotatable bonds is 3. The van der Waals surface area contributed by atoms with Crippen LogP contribution in [-0.2, 0) is 4.43 Å². The van der Waals surface area contributed by atoms with E-state index in [9.17, 15) is 0 Å². The van der Waals surface area contributed by atoms with E-state index in [1.165, 1.54) is 0 Å². The van der Waals surface area contributed by atoms with E-state index in [-0.39, 0.29) is 0 Å². The van der Waals surface area contributed by atoms with Crippen molar-refractivity contribution in [2.45, 2.75) is 26.4 Å². The van der Waals surface area contributed by atoms with Crippen LogP contribution in [-0.4, -0.2) is 15.6 Å². The summed E-state index contributed by atoms with van der Waals surface area (Å²) in [7, 11) is -0.688. The molecule has 0 amide bonds. The van der Waals surface area contributed by atoms with E-state index < -0.39 is 9.04 Å². The van der Waals surface area contributed by atoms with Crippen molar-refractivity contribution in [2.24, 2.45) is 0 Å². The predicted molar refractivity (Wildman–Crippen MR) is 35.1 cm³/mol. The van der Waals surface area contributed by atoms with Gasteiger partial charge in [0.15, 0.2) is 9.04 Å². The van der Waals surface area contributed by atoms with E-state index >= 15 is 0 Å². The molecule has 44 valence electrons. The minimum Gasteiger partial charge on any atom is -0.421 e. The van der Waals surface area contributed by atoms with Crippen LogP contribution in [0, 0.1) is 0 Å². The van der Waals surface area contributed by atoms with Crippen molar-refractivity contribution in [1.82, 2.24) is 0 Å². The lowest BCUT2D eigenvalue weighted by molar-refractivity contribution is 0.326.